The van der Waals surface area contributed by atoms with Gasteiger partial charge in [0.2, 0.25) is 0 Å². The van der Waals surface area contributed by atoms with Crippen LogP contribution in [0.2, 0.25) is 0 Å². The van der Waals surface area contributed by atoms with Gasteiger partial charge >= 0.3 is 12.0 Å². The van der Waals surface area contributed by atoms with Crippen molar-refractivity contribution in [2.24, 2.45) is 0 Å². The number of nitrogens with one attached hydrogen (secondary N) is 2. The van der Waals surface area contributed by atoms with Crippen LogP contribution < -0.4 is 10.6 Å². The Bertz CT molecular complexity index is 965. The van der Waals surface area contributed by atoms with Gasteiger partial charge in [-0.25, -0.2) is 14.6 Å². The molecule has 7 heteroatoms. The van der Waals surface area contributed by atoms with Crippen molar-refractivity contribution in [2.45, 2.75) is 20.0 Å². The Morgan fingerprint density at radius 1 is 1.07 bits per heavy atom. The summed E-state index contributed by atoms with van der Waals surface area (Å²) in [7, 11) is 0. The summed E-state index contributed by atoms with van der Waals surface area (Å²) >= 11 is 0. The van der Waals surface area contributed by atoms with Crippen LogP contribution in [-0.2, 0) is 13.1 Å². The van der Waals surface area contributed by atoms with E-state index in [0.29, 0.717) is 6.54 Å². The summed E-state index contributed by atoms with van der Waals surface area (Å²) in [6.45, 7) is 2.52. The minimum Gasteiger partial charge on any atom is -0.478 e. The topological polar surface area (TPSA) is 96.3 Å². The van der Waals surface area contributed by atoms with E-state index in [1.165, 1.54) is 6.07 Å². The monoisotopic (exact) mass is 364 g/mol. The number of imidazole rings is 1. The fourth-order valence-electron chi connectivity index (χ4n) is 2.76. The zero-order valence-electron chi connectivity index (χ0n) is 14.8. The number of benzene rings is 2. The fraction of sp³-hybridized carbons (Fsp3) is 0.150. The highest BCUT2D eigenvalue weighted by molar-refractivity contribution is 5.87. The van der Waals surface area contributed by atoms with Crippen molar-refractivity contribution in [1.29, 1.82) is 0 Å². The molecule has 27 heavy (non-hydrogen) atoms. The van der Waals surface area contributed by atoms with Crippen LogP contribution in [0.25, 0.3) is 5.69 Å². The first-order valence-corrected chi connectivity index (χ1v) is 8.47. The Morgan fingerprint density at radius 2 is 1.85 bits per heavy atom. The molecule has 0 aliphatic heterocycles. The molecule has 1 aromatic heterocycles. The van der Waals surface area contributed by atoms with E-state index >= 15 is 0 Å². The predicted octanol–water partition coefficient (Wildman–Crippen LogP) is 2.88. The number of aromatic nitrogens is 2. The molecule has 138 valence electrons. The zero-order valence-corrected chi connectivity index (χ0v) is 14.8. The van der Waals surface area contributed by atoms with E-state index in [1.54, 1.807) is 24.4 Å². The lowest BCUT2D eigenvalue weighted by Gasteiger charge is -2.13. The third kappa shape index (κ3) is 4.52. The number of carbonyl (C=O) groups excluding carboxylic acids is 1. The highest BCUT2D eigenvalue weighted by atomic mass is 16.4. The van der Waals surface area contributed by atoms with Crippen molar-refractivity contribution in [3.63, 3.8) is 0 Å². The Kier molecular flexibility index (Phi) is 5.51. The Balaban J connectivity index is 1.60. The van der Waals surface area contributed by atoms with E-state index in [0.717, 1.165) is 22.6 Å². The molecule has 0 aliphatic carbocycles. The number of hydrogen-bond donors (Lipinski definition) is 3. The predicted molar refractivity (Wildman–Crippen MR) is 101 cm³/mol. The third-order valence-corrected chi connectivity index (χ3v) is 4.14. The minimum absolute atomic E-state index is 0.194. The Hall–Kier alpha value is -3.61. The number of aryl methyl sites for hydroxylation is 1. The van der Waals surface area contributed by atoms with Gasteiger partial charge in [-0.1, -0.05) is 30.3 Å². The smallest absolute Gasteiger partial charge is 0.335 e. The van der Waals surface area contributed by atoms with Crippen LogP contribution in [0.1, 0.15) is 27.3 Å². The maximum absolute atomic E-state index is 12.1. The first kappa shape index (κ1) is 18.2. The number of para-hydroxylation sites is 1. The van der Waals surface area contributed by atoms with Crippen LogP contribution in [0.4, 0.5) is 4.79 Å². The summed E-state index contributed by atoms with van der Waals surface area (Å²) in [6.07, 6.45) is 3.61. The number of carboxylic acid groups (broad SMARTS) is 1. The number of urea groups is 1. The van der Waals surface area contributed by atoms with Gasteiger partial charge < -0.3 is 20.3 Å². The first-order chi connectivity index (χ1) is 13.0. The second kappa shape index (κ2) is 8.18. The SMILES string of the molecule is Cc1nccn1-c1ccccc1CNC(=O)NCc1cccc(C(=O)O)c1. The lowest BCUT2D eigenvalue weighted by molar-refractivity contribution is 0.0696. The number of rotatable bonds is 6. The molecular weight excluding hydrogens is 344 g/mol. The van der Waals surface area contributed by atoms with Gasteiger partial charge in [0.05, 0.1) is 11.3 Å². The molecule has 0 radical (unpaired) electrons. The maximum atomic E-state index is 12.1. The molecule has 0 spiro atoms. The molecule has 2 amide bonds. The largest absolute Gasteiger partial charge is 0.478 e. The van der Waals surface area contributed by atoms with Gasteiger partial charge in [-0.15, -0.1) is 0 Å². The molecule has 3 rings (SSSR count). The van der Waals surface area contributed by atoms with Gasteiger partial charge in [0.1, 0.15) is 5.82 Å². The van der Waals surface area contributed by atoms with Gasteiger partial charge in [0, 0.05) is 25.5 Å². The van der Waals surface area contributed by atoms with E-state index in [1.807, 2.05) is 42.0 Å². The standard InChI is InChI=1S/C20H20N4O3/c1-14-21-9-10-24(14)18-8-3-2-6-17(18)13-23-20(27)22-12-15-5-4-7-16(11-15)19(25)26/h2-11H,12-13H2,1H3,(H,25,26)(H2,22,23,27). The summed E-state index contributed by atoms with van der Waals surface area (Å²) in [5.74, 6) is -0.127. The van der Waals surface area contributed by atoms with Gasteiger partial charge in [0.25, 0.3) is 0 Å². The number of hydrogen-bond acceptors (Lipinski definition) is 3. The van der Waals surface area contributed by atoms with Crippen molar-refractivity contribution in [1.82, 2.24) is 20.2 Å². The molecule has 0 atom stereocenters. The van der Waals surface area contributed by atoms with E-state index in [4.69, 9.17) is 5.11 Å². The van der Waals surface area contributed by atoms with Crippen LogP contribution in [0, 0.1) is 6.92 Å². The van der Waals surface area contributed by atoms with E-state index in [2.05, 4.69) is 15.6 Å². The average molecular weight is 364 g/mol. The first-order valence-electron chi connectivity index (χ1n) is 8.47. The minimum atomic E-state index is -0.993. The summed E-state index contributed by atoms with van der Waals surface area (Å²) in [5, 5.41) is 14.6. The van der Waals surface area contributed by atoms with Crippen LogP contribution in [0.3, 0.4) is 0 Å². The quantitative estimate of drug-likeness (QED) is 0.627. The highest BCUT2D eigenvalue weighted by Gasteiger charge is 2.08. The molecule has 3 aromatic rings. The lowest BCUT2D eigenvalue weighted by atomic mass is 10.1. The molecule has 1 heterocycles. The number of aromatic carboxylic acids is 1. The normalized spacial score (nSPS) is 10.4. The van der Waals surface area contributed by atoms with Crippen LogP contribution >= 0.6 is 0 Å². The lowest BCUT2D eigenvalue weighted by Crippen LogP contribution is -2.34. The number of carboxylic acids is 1. The number of nitrogens with zero attached hydrogens (tertiary/aromatic N) is 2. The molecule has 2 aromatic carbocycles. The Morgan fingerprint density at radius 3 is 2.59 bits per heavy atom. The molecule has 0 fully saturated rings. The molecule has 0 saturated carbocycles. The second-order valence-corrected chi connectivity index (χ2v) is 6.01. The summed E-state index contributed by atoms with van der Waals surface area (Å²) in [6, 6.07) is 13.9. The van der Waals surface area contributed by atoms with E-state index < -0.39 is 5.97 Å². The van der Waals surface area contributed by atoms with Gasteiger partial charge in [-0.2, -0.15) is 0 Å². The van der Waals surface area contributed by atoms with Crippen molar-refractivity contribution in [2.75, 3.05) is 0 Å². The molecule has 0 bridgehead atoms. The fourth-order valence-corrected chi connectivity index (χ4v) is 2.76. The zero-order chi connectivity index (χ0) is 19.2. The molecular formula is C20H20N4O3. The summed E-state index contributed by atoms with van der Waals surface area (Å²) in [4.78, 5) is 27.3. The van der Waals surface area contributed by atoms with Gasteiger partial charge in [-0.3, -0.25) is 0 Å². The average Bonchev–Trinajstić information content (AvgIpc) is 3.11. The van der Waals surface area contributed by atoms with Crippen molar-refractivity contribution in [3.8, 4) is 5.69 Å². The number of carbonyl (C=O) groups is 2. The van der Waals surface area contributed by atoms with Crippen LogP contribution in [-0.4, -0.2) is 26.7 Å². The summed E-state index contributed by atoms with van der Waals surface area (Å²) < 4.78 is 1.96. The molecule has 0 unspecified atom stereocenters. The summed E-state index contributed by atoms with van der Waals surface area (Å²) in [5.41, 5.74) is 2.84. The van der Waals surface area contributed by atoms with Crippen LogP contribution in [0.15, 0.2) is 60.9 Å². The van der Waals surface area contributed by atoms with Crippen molar-refractivity contribution < 1.29 is 14.7 Å². The number of amides is 2. The Labute approximate surface area is 156 Å². The van der Waals surface area contributed by atoms with Gasteiger partial charge in [-0.05, 0) is 36.2 Å². The third-order valence-electron chi connectivity index (χ3n) is 4.14. The highest BCUT2D eigenvalue weighted by Crippen LogP contribution is 2.16. The van der Waals surface area contributed by atoms with Crippen LogP contribution in [0.5, 0.6) is 0 Å². The van der Waals surface area contributed by atoms with E-state index in [-0.39, 0.29) is 18.1 Å². The maximum Gasteiger partial charge on any atom is 0.335 e. The molecule has 0 aliphatic rings. The molecule has 7 nitrogen and oxygen atoms in total. The van der Waals surface area contributed by atoms with E-state index in [9.17, 15) is 9.59 Å². The molecule has 0 saturated heterocycles. The second-order valence-electron chi connectivity index (χ2n) is 6.01. The van der Waals surface area contributed by atoms with Gasteiger partial charge in [0.15, 0.2) is 0 Å². The molecule has 3 N–H and O–H groups in total. The van der Waals surface area contributed by atoms with Crippen molar-refractivity contribution in [3.05, 3.63) is 83.4 Å². The van der Waals surface area contributed by atoms with Crippen molar-refractivity contribution >= 4 is 12.0 Å².